The molecule has 1 atom stereocenters. The van der Waals surface area contributed by atoms with E-state index < -0.39 is 8.07 Å². The van der Waals surface area contributed by atoms with Crippen molar-refractivity contribution in [3.8, 4) is 11.5 Å². The Morgan fingerprint density at radius 3 is 2.70 bits per heavy atom. The van der Waals surface area contributed by atoms with Crippen molar-refractivity contribution < 1.29 is 9.90 Å². The third-order valence-corrected chi connectivity index (χ3v) is 5.90. The van der Waals surface area contributed by atoms with E-state index in [4.69, 9.17) is 0 Å². The Balaban J connectivity index is 1.78. The Bertz CT molecular complexity index is 924. The van der Waals surface area contributed by atoms with Crippen LogP contribution in [0.2, 0.25) is 19.6 Å². The quantitative estimate of drug-likeness (QED) is 0.569. The summed E-state index contributed by atoms with van der Waals surface area (Å²) in [5.74, 6) is 3.27. The maximum atomic E-state index is 12.8. The van der Waals surface area contributed by atoms with E-state index in [1.54, 1.807) is 4.90 Å². The first kappa shape index (κ1) is 19.9. The summed E-state index contributed by atoms with van der Waals surface area (Å²) in [5, 5.41) is 9.95. The monoisotopic (exact) mass is 441 g/mol. The first-order valence-corrected chi connectivity index (χ1v) is 13.4. The molecule has 5 heteroatoms. The number of aliphatic hydroxyl groups excluding tert-OH is 1. The number of benzene rings is 2. The van der Waals surface area contributed by atoms with Gasteiger partial charge in [0, 0.05) is 22.1 Å². The van der Waals surface area contributed by atoms with Crippen molar-refractivity contribution in [2.24, 2.45) is 0 Å². The molecule has 0 fully saturated rings. The second-order valence-corrected chi connectivity index (χ2v) is 13.6. The lowest BCUT2D eigenvalue weighted by atomic mass is 10.0. The zero-order chi connectivity index (χ0) is 19.6. The molecular formula is C22H24BrNO2Si. The lowest BCUT2D eigenvalue weighted by Gasteiger charge is -2.26. The van der Waals surface area contributed by atoms with Gasteiger partial charge in [0.15, 0.2) is 0 Å². The van der Waals surface area contributed by atoms with Gasteiger partial charge in [0.1, 0.15) is 8.07 Å². The SMILES string of the molecule is C[Si](C)(C)C#Cc1cccc(CC(CO)N2Cc3cc(Br)ccc3C2=O)c1. The summed E-state index contributed by atoms with van der Waals surface area (Å²) in [6.07, 6.45) is 0.611. The van der Waals surface area contributed by atoms with Gasteiger partial charge in [0.05, 0.1) is 12.6 Å². The molecule has 1 unspecified atom stereocenters. The van der Waals surface area contributed by atoms with Crippen LogP contribution in [0.3, 0.4) is 0 Å². The molecule has 0 bridgehead atoms. The molecule has 1 N–H and O–H groups in total. The fourth-order valence-electron chi connectivity index (χ4n) is 3.19. The molecule has 1 amide bonds. The number of carbonyl (C=O) groups is 1. The zero-order valence-corrected chi connectivity index (χ0v) is 18.5. The fraction of sp³-hybridized carbons (Fsp3) is 0.318. The molecule has 0 aliphatic carbocycles. The van der Waals surface area contributed by atoms with Gasteiger partial charge in [-0.15, -0.1) is 5.54 Å². The standard InChI is InChI=1S/C22H24BrNO2Si/c1-27(2,3)10-9-16-5-4-6-17(11-16)12-20(15-25)24-14-18-13-19(23)7-8-21(18)22(24)26/h4-8,11,13,20,25H,12,14-15H2,1-3H3. The number of rotatable bonds is 4. The smallest absolute Gasteiger partial charge is 0.254 e. The molecule has 140 valence electrons. The Hall–Kier alpha value is -1.87. The van der Waals surface area contributed by atoms with Crippen LogP contribution in [0, 0.1) is 11.5 Å². The molecule has 0 spiro atoms. The van der Waals surface area contributed by atoms with Crippen LogP contribution < -0.4 is 0 Å². The number of amides is 1. The van der Waals surface area contributed by atoms with Gasteiger partial charge in [-0.1, -0.05) is 53.6 Å². The largest absolute Gasteiger partial charge is 0.394 e. The number of halogens is 1. The molecule has 3 rings (SSSR count). The minimum atomic E-state index is -1.43. The number of hydrogen-bond donors (Lipinski definition) is 1. The van der Waals surface area contributed by atoms with Gasteiger partial charge in [-0.3, -0.25) is 4.79 Å². The molecule has 27 heavy (non-hydrogen) atoms. The van der Waals surface area contributed by atoms with Crippen LogP contribution in [0.1, 0.15) is 27.0 Å². The average Bonchev–Trinajstić information content (AvgIpc) is 2.93. The first-order chi connectivity index (χ1) is 12.8. The van der Waals surface area contributed by atoms with Crippen molar-refractivity contribution in [3.05, 3.63) is 69.2 Å². The third-order valence-electron chi connectivity index (χ3n) is 4.53. The van der Waals surface area contributed by atoms with E-state index in [9.17, 15) is 9.90 Å². The van der Waals surface area contributed by atoms with E-state index in [0.29, 0.717) is 13.0 Å². The van der Waals surface area contributed by atoms with Crippen LogP contribution in [0.5, 0.6) is 0 Å². The van der Waals surface area contributed by atoms with Crippen LogP contribution in [-0.2, 0) is 13.0 Å². The van der Waals surface area contributed by atoms with E-state index in [1.165, 1.54) is 0 Å². The van der Waals surface area contributed by atoms with Crippen LogP contribution >= 0.6 is 15.9 Å². The van der Waals surface area contributed by atoms with E-state index in [2.05, 4.69) is 53.1 Å². The highest BCUT2D eigenvalue weighted by Gasteiger charge is 2.32. The second kappa shape index (κ2) is 8.01. The van der Waals surface area contributed by atoms with Crippen molar-refractivity contribution >= 4 is 29.9 Å². The van der Waals surface area contributed by atoms with Crippen LogP contribution in [0.15, 0.2) is 46.9 Å². The summed E-state index contributed by atoms with van der Waals surface area (Å²) in [4.78, 5) is 14.5. The lowest BCUT2D eigenvalue weighted by molar-refractivity contribution is 0.0618. The summed E-state index contributed by atoms with van der Waals surface area (Å²) < 4.78 is 0.963. The number of nitrogens with zero attached hydrogens (tertiary/aromatic N) is 1. The number of hydrogen-bond acceptors (Lipinski definition) is 2. The van der Waals surface area contributed by atoms with Gasteiger partial charge in [-0.05, 0) is 47.9 Å². The minimum Gasteiger partial charge on any atom is -0.394 e. The Morgan fingerprint density at radius 2 is 2.00 bits per heavy atom. The molecule has 0 aromatic heterocycles. The maximum absolute atomic E-state index is 12.8. The molecule has 3 nitrogen and oxygen atoms in total. The predicted molar refractivity (Wildman–Crippen MR) is 115 cm³/mol. The van der Waals surface area contributed by atoms with E-state index in [-0.39, 0.29) is 18.6 Å². The number of fused-ring (bicyclic) bond motifs is 1. The molecule has 0 radical (unpaired) electrons. The summed E-state index contributed by atoms with van der Waals surface area (Å²) >= 11 is 3.46. The predicted octanol–water partition coefficient (Wildman–Crippen LogP) is 4.24. The Labute approximate surface area is 170 Å². The van der Waals surface area contributed by atoms with Gasteiger partial charge >= 0.3 is 0 Å². The Kier molecular flexibility index (Phi) is 5.90. The second-order valence-electron chi connectivity index (χ2n) is 7.98. The van der Waals surface area contributed by atoms with E-state index >= 15 is 0 Å². The molecule has 0 saturated carbocycles. The molecule has 1 heterocycles. The zero-order valence-electron chi connectivity index (χ0n) is 15.9. The maximum Gasteiger partial charge on any atom is 0.254 e. The normalized spacial score (nSPS) is 14.6. The van der Waals surface area contributed by atoms with Crippen molar-refractivity contribution in [1.29, 1.82) is 0 Å². The van der Waals surface area contributed by atoms with Crippen molar-refractivity contribution in [3.63, 3.8) is 0 Å². The third kappa shape index (κ3) is 4.89. The van der Waals surface area contributed by atoms with Gasteiger partial charge in [0.2, 0.25) is 0 Å². The van der Waals surface area contributed by atoms with Gasteiger partial charge in [-0.25, -0.2) is 0 Å². The first-order valence-electron chi connectivity index (χ1n) is 9.09. The Morgan fingerprint density at radius 1 is 1.22 bits per heavy atom. The van der Waals surface area contributed by atoms with Gasteiger partial charge in [0.25, 0.3) is 5.91 Å². The van der Waals surface area contributed by atoms with E-state index in [1.807, 2.05) is 36.4 Å². The minimum absolute atomic E-state index is 0.00812. The number of carbonyl (C=O) groups excluding carboxylic acids is 1. The molecular weight excluding hydrogens is 418 g/mol. The highest BCUT2D eigenvalue weighted by Crippen LogP contribution is 2.28. The van der Waals surface area contributed by atoms with Gasteiger partial charge in [-0.2, -0.15) is 0 Å². The number of aliphatic hydroxyl groups is 1. The topological polar surface area (TPSA) is 40.5 Å². The summed E-state index contributed by atoms with van der Waals surface area (Å²) in [7, 11) is -1.43. The summed E-state index contributed by atoms with van der Waals surface area (Å²) in [6.45, 7) is 7.14. The van der Waals surface area contributed by atoms with Crippen molar-refractivity contribution in [2.75, 3.05) is 6.61 Å². The van der Waals surface area contributed by atoms with Crippen LogP contribution in [-0.4, -0.2) is 36.6 Å². The molecule has 2 aromatic rings. The van der Waals surface area contributed by atoms with Crippen molar-refractivity contribution in [2.45, 2.75) is 38.6 Å². The van der Waals surface area contributed by atoms with Crippen molar-refractivity contribution in [1.82, 2.24) is 4.90 Å². The van der Waals surface area contributed by atoms with Crippen LogP contribution in [0.25, 0.3) is 0 Å². The van der Waals surface area contributed by atoms with Crippen LogP contribution in [0.4, 0.5) is 0 Å². The molecule has 0 saturated heterocycles. The van der Waals surface area contributed by atoms with Gasteiger partial charge < -0.3 is 10.0 Å². The highest BCUT2D eigenvalue weighted by atomic mass is 79.9. The fourth-order valence-corrected chi connectivity index (χ4v) is 4.12. The van der Waals surface area contributed by atoms with E-state index in [0.717, 1.165) is 26.7 Å². The highest BCUT2D eigenvalue weighted by molar-refractivity contribution is 9.10. The average molecular weight is 442 g/mol. The molecule has 1 aliphatic heterocycles. The summed E-state index contributed by atoms with van der Waals surface area (Å²) in [5.41, 5.74) is 7.19. The lowest BCUT2D eigenvalue weighted by Crippen LogP contribution is -2.39. The summed E-state index contributed by atoms with van der Waals surface area (Å²) in [6, 6.07) is 13.6. The molecule has 1 aliphatic rings. The molecule has 2 aromatic carbocycles.